The highest BCUT2D eigenvalue weighted by molar-refractivity contribution is 6.30. The first-order valence-electron chi connectivity index (χ1n) is 9.58. The fourth-order valence-electron chi connectivity index (χ4n) is 3.61. The molecule has 2 aliphatic heterocycles. The van der Waals surface area contributed by atoms with Gasteiger partial charge in [-0.2, -0.15) is 0 Å². The van der Waals surface area contributed by atoms with E-state index < -0.39 is 0 Å². The summed E-state index contributed by atoms with van der Waals surface area (Å²) in [6.45, 7) is 3.42. The van der Waals surface area contributed by atoms with Gasteiger partial charge in [0.1, 0.15) is 18.2 Å². The predicted molar refractivity (Wildman–Crippen MR) is 109 cm³/mol. The second kappa shape index (κ2) is 8.95. The molecule has 1 atom stereocenters. The predicted octanol–water partition coefficient (Wildman–Crippen LogP) is 3.44. The number of amides is 1. The van der Waals surface area contributed by atoms with E-state index in [0.29, 0.717) is 36.1 Å². The Hall–Kier alpha value is -2.41. The Labute approximate surface area is 174 Å². The second-order valence-corrected chi connectivity index (χ2v) is 7.50. The van der Waals surface area contributed by atoms with Crippen molar-refractivity contribution in [2.75, 3.05) is 39.5 Å². The maximum Gasteiger partial charge on any atom is 0.250 e. The van der Waals surface area contributed by atoms with E-state index >= 15 is 0 Å². The number of nitrogens with one attached hydrogen (secondary N) is 1. The largest absolute Gasteiger partial charge is 0.488 e. The molecule has 5 nitrogen and oxygen atoms in total. The van der Waals surface area contributed by atoms with Crippen molar-refractivity contribution >= 4 is 23.6 Å². The fraction of sp³-hybridized carbons (Fsp3) is 0.318. The molecule has 0 aromatic heterocycles. The van der Waals surface area contributed by atoms with Gasteiger partial charge in [0.05, 0.1) is 24.8 Å². The van der Waals surface area contributed by atoms with E-state index in [1.807, 2.05) is 6.08 Å². The summed E-state index contributed by atoms with van der Waals surface area (Å²) in [5.74, 6) is 0.250. The lowest BCUT2D eigenvalue weighted by Gasteiger charge is -2.35. The number of carbonyl (C=O) groups is 1. The number of halogens is 2. The maximum atomic E-state index is 13.4. The minimum Gasteiger partial charge on any atom is -0.488 e. The van der Waals surface area contributed by atoms with Gasteiger partial charge < -0.3 is 14.8 Å². The van der Waals surface area contributed by atoms with E-state index in [-0.39, 0.29) is 24.4 Å². The summed E-state index contributed by atoms with van der Waals surface area (Å²) >= 11 is 6.04. The average Bonchev–Trinajstić information content (AvgIpc) is 2.75. The molecule has 2 aliphatic rings. The van der Waals surface area contributed by atoms with Crippen LogP contribution in [-0.2, 0) is 9.53 Å². The molecule has 2 aromatic carbocycles. The lowest BCUT2D eigenvalue weighted by Crippen LogP contribution is -2.44. The molecule has 1 unspecified atom stereocenters. The third kappa shape index (κ3) is 4.78. The van der Waals surface area contributed by atoms with Crippen LogP contribution in [0.2, 0.25) is 5.02 Å². The van der Waals surface area contributed by atoms with Crippen molar-refractivity contribution < 1.29 is 18.7 Å². The van der Waals surface area contributed by atoms with Gasteiger partial charge in [-0.25, -0.2) is 4.39 Å². The summed E-state index contributed by atoms with van der Waals surface area (Å²) in [5.41, 5.74) is 2.29. The van der Waals surface area contributed by atoms with Crippen LogP contribution >= 0.6 is 11.6 Å². The van der Waals surface area contributed by atoms with Gasteiger partial charge in [-0.1, -0.05) is 23.7 Å². The van der Waals surface area contributed by atoms with Crippen molar-refractivity contribution in [1.82, 2.24) is 10.2 Å². The van der Waals surface area contributed by atoms with Gasteiger partial charge in [0, 0.05) is 30.2 Å². The molecule has 29 heavy (non-hydrogen) atoms. The molecular formula is C22H22ClFN2O3. The van der Waals surface area contributed by atoms with Crippen LogP contribution in [0, 0.1) is 5.82 Å². The molecule has 2 heterocycles. The number of morpholine rings is 1. The summed E-state index contributed by atoms with van der Waals surface area (Å²) in [5, 5.41) is 3.60. The lowest BCUT2D eigenvalue weighted by molar-refractivity contribution is -0.118. The Morgan fingerprint density at radius 1 is 1.17 bits per heavy atom. The number of ether oxygens (including phenoxy) is 2. The number of hydrogen-bond acceptors (Lipinski definition) is 4. The monoisotopic (exact) mass is 416 g/mol. The quantitative estimate of drug-likeness (QED) is 0.811. The standard InChI is InChI=1S/C22H22ClFN2O3/c23-18-3-6-21-16(12-18)11-17(14-29-21)22(27)25-13-20(26-7-9-28-10-8-26)15-1-4-19(24)5-2-15/h1-6,11-12,20H,7-10,13-14H2,(H,25,27). The van der Waals surface area contributed by atoms with Gasteiger partial charge in [0.25, 0.3) is 5.91 Å². The SMILES string of the molecule is O=C(NCC(c1ccc(F)cc1)N1CCOCC1)C1=Cc2cc(Cl)ccc2OC1. The van der Waals surface area contributed by atoms with Crippen molar-refractivity contribution in [3.8, 4) is 5.75 Å². The van der Waals surface area contributed by atoms with Gasteiger partial charge in [-0.05, 0) is 42.0 Å². The maximum absolute atomic E-state index is 13.4. The van der Waals surface area contributed by atoms with Gasteiger partial charge in [0.2, 0.25) is 0 Å². The van der Waals surface area contributed by atoms with Gasteiger partial charge in [0.15, 0.2) is 0 Å². The second-order valence-electron chi connectivity index (χ2n) is 7.07. The van der Waals surface area contributed by atoms with Gasteiger partial charge >= 0.3 is 0 Å². The Bertz CT molecular complexity index is 911. The zero-order valence-corrected chi connectivity index (χ0v) is 16.6. The molecule has 0 spiro atoms. The van der Waals surface area contributed by atoms with Crippen molar-refractivity contribution in [2.45, 2.75) is 6.04 Å². The third-order valence-corrected chi connectivity index (χ3v) is 5.41. The number of nitrogens with zero attached hydrogens (tertiary/aromatic N) is 1. The molecule has 1 N–H and O–H groups in total. The van der Waals surface area contributed by atoms with E-state index in [2.05, 4.69) is 10.2 Å². The van der Waals surface area contributed by atoms with Crippen molar-refractivity contribution in [3.63, 3.8) is 0 Å². The zero-order chi connectivity index (χ0) is 20.2. The third-order valence-electron chi connectivity index (χ3n) is 5.17. The lowest BCUT2D eigenvalue weighted by atomic mass is 10.0. The molecule has 0 bridgehead atoms. The first kappa shape index (κ1) is 19.9. The van der Waals surface area contributed by atoms with Crippen LogP contribution in [0.1, 0.15) is 17.2 Å². The fourth-order valence-corrected chi connectivity index (χ4v) is 3.79. The van der Waals surface area contributed by atoms with Crippen molar-refractivity contribution in [3.05, 3.63) is 70.0 Å². The molecule has 152 valence electrons. The number of hydrogen-bond donors (Lipinski definition) is 1. The highest BCUT2D eigenvalue weighted by atomic mass is 35.5. The normalized spacial score (nSPS) is 17.7. The Morgan fingerprint density at radius 2 is 1.93 bits per heavy atom. The number of rotatable bonds is 5. The van der Waals surface area contributed by atoms with E-state index in [9.17, 15) is 9.18 Å². The molecular weight excluding hydrogens is 395 g/mol. The van der Waals surface area contributed by atoms with Crippen LogP contribution in [0.5, 0.6) is 5.75 Å². The Kier molecular flexibility index (Phi) is 6.13. The highest BCUT2D eigenvalue weighted by Gasteiger charge is 2.24. The summed E-state index contributed by atoms with van der Waals surface area (Å²) in [7, 11) is 0. The zero-order valence-electron chi connectivity index (χ0n) is 15.9. The minimum atomic E-state index is -0.277. The Morgan fingerprint density at radius 3 is 2.69 bits per heavy atom. The molecule has 0 radical (unpaired) electrons. The molecule has 1 amide bonds. The average molecular weight is 417 g/mol. The molecule has 1 saturated heterocycles. The summed E-state index contributed by atoms with van der Waals surface area (Å²) < 4.78 is 24.5. The first-order valence-corrected chi connectivity index (χ1v) is 9.96. The van der Waals surface area contributed by atoms with E-state index in [4.69, 9.17) is 21.1 Å². The molecule has 7 heteroatoms. The van der Waals surface area contributed by atoms with Crippen LogP contribution in [0.15, 0.2) is 48.0 Å². The van der Waals surface area contributed by atoms with Gasteiger partial charge in [-0.3, -0.25) is 9.69 Å². The smallest absolute Gasteiger partial charge is 0.250 e. The number of fused-ring (bicyclic) bond motifs is 1. The van der Waals surface area contributed by atoms with Crippen molar-refractivity contribution in [1.29, 1.82) is 0 Å². The van der Waals surface area contributed by atoms with E-state index in [1.54, 1.807) is 30.3 Å². The van der Waals surface area contributed by atoms with Crippen LogP contribution < -0.4 is 10.1 Å². The van der Waals surface area contributed by atoms with Crippen LogP contribution in [0.3, 0.4) is 0 Å². The molecule has 0 saturated carbocycles. The molecule has 4 rings (SSSR count). The molecule has 0 aliphatic carbocycles. The topological polar surface area (TPSA) is 50.8 Å². The highest BCUT2D eigenvalue weighted by Crippen LogP contribution is 2.29. The minimum absolute atomic E-state index is 0.0599. The molecule has 1 fully saturated rings. The van der Waals surface area contributed by atoms with Crippen LogP contribution in [0.4, 0.5) is 4.39 Å². The number of carbonyl (C=O) groups excluding carboxylic acids is 1. The van der Waals surface area contributed by atoms with Gasteiger partial charge in [-0.15, -0.1) is 0 Å². The van der Waals surface area contributed by atoms with E-state index in [0.717, 1.165) is 24.2 Å². The molecule has 2 aromatic rings. The Balaban J connectivity index is 1.48. The first-order chi connectivity index (χ1) is 14.1. The van der Waals surface area contributed by atoms with Crippen molar-refractivity contribution in [2.24, 2.45) is 0 Å². The summed E-state index contributed by atoms with van der Waals surface area (Å²) in [6.07, 6.45) is 1.81. The number of benzene rings is 2. The van der Waals surface area contributed by atoms with Crippen LogP contribution in [-0.4, -0.2) is 50.3 Å². The summed E-state index contributed by atoms with van der Waals surface area (Å²) in [4.78, 5) is 15.0. The van der Waals surface area contributed by atoms with E-state index in [1.165, 1.54) is 12.1 Å². The van der Waals surface area contributed by atoms with Crippen LogP contribution in [0.25, 0.3) is 6.08 Å². The summed E-state index contributed by atoms with van der Waals surface area (Å²) in [6, 6.07) is 11.7.